The third-order valence-corrected chi connectivity index (χ3v) is 0.882. The number of carbonyl (C=O) groups is 1. The van der Waals surface area contributed by atoms with Crippen LogP contribution in [0.25, 0.3) is 0 Å². The zero-order valence-electron chi connectivity index (χ0n) is 5.20. The van der Waals surface area contributed by atoms with Gasteiger partial charge >= 0.3 is 5.97 Å². The minimum atomic E-state index is -0.875. The first kappa shape index (κ1) is 8.39. The molecule has 1 unspecified atom stereocenters. The first-order valence-corrected chi connectivity index (χ1v) is 2.65. The Morgan fingerprint density at radius 1 is 1.78 bits per heavy atom. The minimum Gasteiger partial charge on any atom is -0.481 e. The van der Waals surface area contributed by atoms with Crippen LogP contribution in [0.4, 0.5) is 0 Å². The maximum atomic E-state index is 9.95. The monoisotopic (exact) mass is 134 g/mol. The zero-order chi connectivity index (χ0) is 7.28. The van der Waals surface area contributed by atoms with Crippen LogP contribution in [0.2, 0.25) is 0 Å². The fourth-order valence-electron chi connectivity index (χ4n) is 0.484. The molecule has 0 fully saturated rings. The summed E-state index contributed by atoms with van der Waals surface area (Å²) in [6.45, 7) is 1.76. The van der Waals surface area contributed by atoms with Gasteiger partial charge in [-0.3, -0.25) is 10.1 Å². The van der Waals surface area contributed by atoms with Crippen molar-refractivity contribution in [2.24, 2.45) is 5.92 Å². The van der Waals surface area contributed by atoms with Gasteiger partial charge in [0.25, 0.3) is 0 Å². The molecule has 0 rings (SSSR count). The van der Waals surface area contributed by atoms with Crippen molar-refractivity contribution in [1.29, 1.82) is 0 Å². The second-order valence-corrected chi connectivity index (χ2v) is 2.00. The second-order valence-electron chi connectivity index (χ2n) is 2.00. The largest absolute Gasteiger partial charge is 0.481 e. The van der Waals surface area contributed by atoms with E-state index in [0.717, 1.165) is 0 Å². The molecule has 54 valence electrons. The summed E-state index contributed by atoms with van der Waals surface area (Å²) in [6.07, 6.45) is 0.0283. The van der Waals surface area contributed by atoms with Crippen LogP contribution in [0, 0.1) is 5.92 Å². The molecule has 0 aromatic heterocycles. The molecule has 2 N–H and O–H groups in total. The normalized spacial score (nSPS) is 13.1. The lowest BCUT2D eigenvalue weighted by Gasteiger charge is -2.02. The van der Waals surface area contributed by atoms with E-state index in [1.165, 1.54) is 0 Å². The number of rotatable bonds is 4. The van der Waals surface area contributed by atoms with Crippen molar-refractivity contribution >= 4 is 5.97 Å². The van der Waals surface area contributed by atoms with Gasteiger partial charge in [0, 0.05) is 0 Å². The Kier molecular flexibility index (Phi) is 4.00. The molecule has 0 aliphatic rings. The molecule has 0 aromatic rings. The van der Waals surface area contributed by atoms with E-state index in [1.807, 2.05) is 0 Å². The first-order valence-electron chi connectivity index (χ1n) is 2.65. The summed E-state index contributed by atoms with van der Waals surface area (Å²) in [5.41, 5.74) is 0. The van der Waals surface area contributed by atoms with Gasteiger partial charge in [-0.05, 0) is 5.92 Å². The van der Waals surface area contributed by atoms with Gasteiger partial charge in [0.1, 0.15) is 0 Å². The maximum absolute atomic E-state index is 9.95. The summed E-state index contributed by atoms with van der Waals surface area (Å²) < 4.78 is 0. The average Bonchev–Trinajstić information content (AvgIpc) is 1.63. The van der Waals surface area contributed by atoms with Gasteiger partial charge in [-0.15, -0.1) is 0 Å². The molecule has 4 nitrogen and oxygen atoms in total. The molecule has 0 radical (unpaired) electrons. The van der Waals surface area contributed by atoms with Crippen molar-refractivity contribution in [2.45, 2.75) is 13.3 Å². The Morgan fingerprint density at radius 2 is 2.33 bits per heavy atom. The standard InChI is InChI=1S/C5H10O4/c1-4(3-9-8)2-5(6)7/h4,8H,2-3H2,1H3,(H,6,7). The van der Waals surface area contributed by atoms with Crippen LogP contribution < -0.4 is 0 Å². The van der Waals surface area contributed by atoms with Crippen molar-refractivity contribution in [3.63, 3.8) is 0 Å². The van der Waals surface area contributed by atoms with Gasteiger partial charge in [-0.2, -0.15) is 0 Å². The van der Waals surface area contributed by atoms with E-state index in [0.29, 0.717) is 0 Å². The van der Waals surface area contributed by atoms with Crippen molar-refractivity contribution in [1.82, 2.24) is 0 Å². The summed E-state index contributed by atoms with van der Waals surface area (Å²) in [6, 6.07) is 0. The molecule has 0 bridgehead atoms. The molecule has 0 spiro atoms. The lowest BCUT2D eigenvalue weighted by Crippen LogP contribution is -2.09. The SMILES string of the molecule is CC(COO)CC(=O)O. The topological polar surface area (TPSA) is 66.8 Å². The van der Waals surface area contributed by atoms with Crippen molar-refractivity contribution in [3.8, 4) is 0 Å². The number of hydrogen-bond acceptors (Lipinski definition) is 3. The lowest BCUT2D eigenvalue weighted by molar-refractivity contribution is -0.250. The second kappa shape index (κ2) is 4.29. The van der Waals surface area contributed by atoms with E-state index in [-0.39, 0.29) is 18.9 Å². The number of carboxylic acids is 1. The van der Waals surface area contributed by atoms with E-state index >= 15 is 0 Å². The summed E-state index contributed by atoms with van der Waals surface area (Å²) in [5.74, 6) is -1.01. The number of aliphatic carboxylic acids is 1. The summed E-state index contributed by atoms with van der Waals surface area (Å²) in [4.78, 5) is 13.7. The molecule has 0 heterocycles. The fourth-order valence-corrected chi connectivity index (χ4v) is 0.484. The Balaban J connectivity index is 3.26. The molecule has 4 heteroatoms. The highest BCUT2D eigenvalue weighted by Gasteiger charge is 2.06. The van der Waals surface area contributed by atoms with E-state index in [2.05, 4.69) is 4.89 Å². The van der Waals surface area contributed by atoms with Gasteiger partial charge in [-0.25, -0.2) is 4.89 Å². The fraction of sp³-hybridized carbons (Fsp3) is 0.800. The third kappa shape index (κ3) is 5.26. The summed E-state index contributed by atoms with van der Waals surface area (Å²) in [5, 5.41) is 16.0. The van der Waals surface area contributed by atoms with Crippen LogP contribution in [0.3, 0.4) is 0 Å². The van der Waals surface area contributed by atoms with Crippen LogP contribution in [0.1, 0.15) is 13.3 Å². The highest BCUT2D eigenvalue weighted by atomic mass is 17.1. The van der Waals surface area contributed by atoms with E-state index in [9.17, 15) is 4.79 Å². The predicted octanol–water partition coefficient (Wildman–Crippen LogP) is 0.587. The molecule has 0 aliphatic heterocycles. The highest BCUT2D eigenvalue weighted by molar-refractivity contribution is 5.66. The van der Waals surface area contributed by atoms with Crippen LogP contribution in [0.15, 0.2) is 0 Å². The summed E-state index contributed by atoms with van der Waals surface area (Å²) >= 11 is 0. The molecule has 0 saturated heterocycles. The van der Waals surface area contributed by atoms with Gasteiger partial charge < -0.3 is 5.11 Å². The first-order chi connectivity index (χ1) is 4.16. The average molecular weight is 134 g/mol. The zero-order valence-corrected chi connectivity index (χ0v) is 5.20. The quantitative estimate of drug-likeness (QED) is 0.436. The maximum Gasteiger partial charge on any atom is 0.303 e. The van der Waals surface area contributed by atoms with Gasteiger partial charge in [0.05, 0.1) is 13.0 Å². The van der Waals surface area contributed by atoms with Crippen LogP contribution in [-0.2, 0) is 9.68 Å². The summed E-state index contributed by atoms with van der Waals surface area (Å²) in [7, 11) is 0. The van der Waals surface area contributed by atoms with Crippen molar-refractivity contribution in [3.05, 3.63) is 0 Å². The molecule has 0 saturated carbocycles. The Labute approximate surface area is 53.0 Å². The van der Waals surface area contributed by atoms with Crippen molar-refractivity contribution in [2.75, 3.05) is 6.61 Å². The van der Waals surface area contributed by atoms with Crippen molar-refractivity contribution < 1.29 is 20.0 Å². The highest BCUT2D eigenvalue weighted by Crippen LogP contribution is 2.00. The van der Waals surface area contributed by atoms with Gasteiger partial charge in [0.2, 0.25) is 0 Å². The number of hydrogen-bond donors (Lipinski definition) is 2. The lowest BCUT2D eigenvalue weighted by atomic mass is 10.1. The number of carboxylic acid groups (broad SMARTS) is 1. The molecular weight excluding hydrogens is 124 g/mol. The molecule has 0 amide bonds. The Bertz CT molecular complexity index is 91.0. The third-order valence-electron chi connectivity index (χ3n) is 0.882. The molecular formula is C5H10O4. The van der Waals surface area contributed by atoms with E-state index < -0.39 is 5.97 Å². The van der Waals surface area contributed by atoms with E-state index in [1.54, 1.807) is 6.92 Å². The van der Waals surface area contributed by atoms with Crippen LogP contribution in [0.5, 0.6) is 0 Å². The smallest absolute Gasteiger partial charge is 0.303 e. The molecule has 0 aliphatic carbocycles. The Hall–Kier alpha value is -0.610. The molecule has 9 heavy (non-hydrogen) atoms. The molecule has 1 atom stereocenters. The van der Waals surface area contributed by atoms with Crippen LogP contribution in [-0.4, -0.2) is 22.9 Å². The van der Waals surface area contributed by atoms with Gasteiger partial charge in [0.15, 0.2) is 0 Å². The van der Waals surface area contributed by atoms with E-state index in [4.69, 9.17) is 10.4 Å². The van der Waals surface area contributed by atoms with Crippen LogP contribution >= 0.6 is 0 Å². The minimum absolute atomic E-state index is 0.0283. The predicted molar refractivity (Wildman–Crippen MR) is 30.0 cm³/mol. The Morgan fingerprint density at radius 3 is 2.67 bits per heavy atom. The molecule has 0 aromatic carbocycles. The van der Waals surface area contributed by atoms with Gasteiger partial charge in [-0.1, -0.05) is 6.92 Å².